The van der Waals surface area contributed by atoms with Gasteiger partial charge >= 0.3 is 5.97 Å². The molecule has 20 heavy (non-hydrogen) atoms. The Bertz CT molecular complexity index is 735. The van der Waals surface area contributed by atoms with Gasteiger partial charge in [0.2, 0.25) is 0 Å². The van der Waals surface area contributed by atoms with Gasteiger partial charge in [-0.15, -0.1) is 11.8 Å². The van der Waals surface area contributed by atoms with E-state index in [0.717, 1.165) is 0 Å². The fraction of sp³-hybridized carbons (Fsp3) is 0.333. The number of fused-ring (bicyclic) bond motifs is 1. The van der Waals surface area contributed by atoms with E-state index in [9.17, 15) is 10.1 Å². The summed E-state index contributed by atoms with van der Waals surface area (Å²) in [5.41, 5.74) is 1.13. The van der Waals surface area contributed by atoms with Crippen molar-refractivity contribution in [1.29, 1.82) is 5.26 Å². The van der Waals surface area contributed by atoms with Crippen molar-refractivity contribution < 1.29 is 9.53 Å². The van der Waals surface area contributed by atoms with Gasteiger partial charge in [0.25, 0.3) is 0 Å². The lowest BCUT2D eigenvalue weighted by Crippen LogP contribution is -2.12. The number of nitriles is 1. The topological polar surface area (TPSA) is 80.3 Å². The molecule has 0 fully saturated rings. The fourth-order valence-corrected chi connectivity index (χ4v) is 2.43. The van der Waals surface area contributed by atoms with Gasteiger partial charge in [0.15, 0.2) is 11.3 Å². The van der Waals surface area contributed by atoms with E-state index < -0.39 is 5.97 Å². The van der Waals surface area contributed by atoms with Crippen LogP contribution in [0, 0.1) is 18.3 Å². The zero-order chi connectivity index (χ0) is 14.9. The predicted octanol–water partition coefficient (Wildman–Crippen LogP) is 2.46. The Morgan fingerprint density at radius 2 is 2.30 bits per heavy atom. The lowest BCUT2D eigenvalue weighted by atomic mass is 10.2. The molecule has 0 saturated carbocycles. The van der Waals surface area contributed by atoms with Crippen LogP contribution < -0.4 is 0 Å². The number of nitrogens with zero attached hydrogens (tertiary/aromatic N) is 4. The summed E-state index contributed by atoms with van der Waals surface area (Å²) < 4.78 is 6.31. The van der Waals surface area contributed by atoms with E-state index in [1.165, 1.54) is 16.3 Å². The molecule has 6 nitrogen and oxygen atoms in total. The lowest BCUT2D eigenvalue weighted by Gasteiger charge is -2.07. The highest BCUT2D eigenvalue weighted by Crippen LogP contribution is 2.27. The third-order valence-corrected chi connectivity index (χ3v) is 3.79. The van der Waals surface area contributed by atoms with Gasteiger partial charge in [0, 0.05) is 5.56 Å². The van der Waals surface area contributed by atoms with E-state index >= 15 is 0 Å². The Morgan fingerprint density at radius 1 is 1.60 bits per heavy atom. The number of hydrogen-bond donors (Lipinski definition) is 0. The maximum absolute atomic E-state index is 11.9. The smallest absolute Gasteiger partial charge is 0.357 e. The monoisotopic (exact) mass is 310 g/mol. The van der Waals surface area contributed by atoms with Crippen molar-refractivity contribution >= 4 is 35.0 Å². The summed E-state index contributed by atoms with van der Waals surface area (Å²) in [6.45, 7) is 3.61. The first-order valence-corrected chi connectivity index (χ1v) is 7.35. The Labute approximate surface area is 124 Å². The molecule has 0 aliphatic carbocycles. The van der Waals surface area contributed by atoms with Gasteiger partial charge in [-0.1, -0.05) is 11.6 Å². The summed E-state index contributed by atoms with van der Waals surface area (Å²) in [7, 11) is 0. The third-order valence-electron chi connectivity index (χ3n) is 2.67. The van der Waals surface area contributed by atoms with E-state index in [-0.39, 0.29) is 23.1 Å². The van der Waals surface area contributed by atoms with Crippen LogP contribution in [0.15, 0.2) is 5.03 Å². The Morgan fingerprint density at radius 3 is 2.85 bits per heavy atom. The molecular formula is C12H11ClN4O2S. The first-order valence-electron chi connectivity index (χ1n) is 5.75. The highest BCUT2D eigenvalue weighted by molar-refractivity contribution is 7.98. The minimum Gasteiger partial charge on any atom is -0.461 e. The Balaban J connectivity index is 2.78. The van der Waals surface area contributed by atoms with Gasteiger partial charge < -0.3 is 4.74 Å². The van der Waals surface area contributed by atoms with Gasteiger partial charge in [-0.2, -0.15) is 10.4 Å². The third kappa shape index (κ3) is 2.21. The van der Waals surface area contributed by atoms with Crippen LogP contribution in [-0.4, -0.2) is 33.4 Å². The molecule has 8 heteroatoms. The molecule has 0 aromatic carbocycles. The van der Waals surface area contributed by atoms with Gasteiger partial charge in [0.1, 0.15) is 21.8 Å². The number of carbonyl (C=O) groups is 1. The van der Waals surface area contributed by atoms with Crippen molar-refractivity contribution in [2.75, 3.05) is 12.9 Å². The van der Waals surface area contributed by atoms with Crippen LogP contribution >= 0.6 is 23.4 Å². The largest absolute Gasteiger partial charge is 0.461 e. The standard InChI is InChI=1S/C12H11ClN4O2S/c1-4-19-12(18)8-6(2)9(13)17-10(15-8)7(5-14)11(16-17)20-3/h4H2,1-3H3. The zero-order valence-corrected chi connectivity index (χ0v) is 12.7. The molecule has 0 saturated heterocycles. The maximum Gasteiger partial charge on any atom is 0.357 e. The van der Waals surface area contributed by atoms with Crippen LogP contribution in [0.25, 0.3) is 5.65 Å². The molecule has 2 heterocycles. The van der Waals surface area contributed by atoms with E-state index in [0.29, 0.717) is 16.2 Å². The minimum absolute atomic E-state index is 0.105. The number of carbonyl (C=O) groups excluding carboxylic acids is 1. The summed E-state index contributed by atoms with van der Waals surface area (Å²) >= 11 is 7.52. The number of ether oxygens (including phenoxy) is 1. The Kier molecular flexibility index (Phi) is 4.16. The molecule has 0 bridgehead atoms. The van der Waals surface area contributed by atoms with E-state index in [2.05, 4.69) is 10.1 Å². The summed E-state index contributed by atoms with van der Waals surface area (Å²) in [5, 5.41) is 14.2. The predicted molar refractivity (Wildman–Crippen MR) is 75.2 cm³/mol. The molecule has 0 aliphatic heterocycles. The fourth-order valence-electron chi connectivity index (χ4n) is 1.72. The van der Waals surface area contributed by atoms with Crippen molar-refractivity contribution in [3.05, 3.63) is 22.0 Å². The number of aromatic nitrogens is 3. The molecule has 2 aromatic heterocycles. The molecule has 0 N–H and O–H groups in total. The van der Waals surface area contributed by atoms with Crippen molar-refractivity contribution in [3.8, 4) is 6.07 Å². The quantitative estimate of drug-likeness (QED) is 0.492. The van der Waals surface area contributed by atoms with Crippen molar-refractivity contribution in [2.24, 2.45) is 0 Å². The molecule has 104 valence electrons. The number of rotatable bonds is 3. The molecule has 0 radical (unpaired) electrons. The SMILES string of the molecule is CCOC(=O)c1nc2c(C#N)c(SC)nn2c(Cl)c1C. The second kappa shape index (κ2) is 5.69. The number of thioether (sulfide) groups is 1. The van der Waals surface area contributed by atoms with Crippen LogP contribution in [-0.2, 0) is 4.74 Å². The van der Waals surface area contributed by atoms with E-state index in [4.69, 9.17) is 16.3 Å². The lowest BCUT2D eigenvalue weighted by molar-refractivity contribution is 0.0518. The highest BCUT2D eigenvalue weighted by Gasteiger charge is 2.22. The average molecular weight is 311 g/mol. The first-order chi connectivity index (χ1) is 9.54. The molecule has 0 aliphatic rings. The number of halogens is 1. The van der Waals surface area contributed by atoms with Crippen molar-refractivity contribution in [1.82, 2.24) is 14.6 Å². The second-order valence-electron chi connectivity index (χ2n) is 3.83. The highest BCUT2D eigenvalue weighted by atomic mass is 35.5. The van der Waals surface area contributed by atoms with E-state index in [1.54, 1.807) is 20.1 Å². The normalized spacial score (nSPS) is 10.6. The molecule has 0 atom stereocenters. The molecule has 2 rings (SSSR count). The van der Waals surface area contributed by atoms with Crippen LogP contribution in [0.3, 0.4) is 0 Å². The zero-order valence-electron chi connectivity index (χ0n) is 11.1. The summed E-state index contributed by atoms with van der Waals surface area (Å²) in [6.07, 6.45) is 1.80. The Hall–Kier alpha value is -1.78. The van der Waals surface area contributed by atoms with Crippen LogP contribution in [0.2, 0.25) is 5.15 Å². The minimum atomic E-state index is -0.565. The maximum atomic E-state index is 11.9. The van der Waals surface area contributed by atoms with Crippen LogP contribution in [0.1, 0.15) is 28.5 Å². The molecular weight excluding hydrogens is 300 g/mol. The molecule has 0 unspecified atom stereocenters. The van der Waals surface area contributed by atoms with E-state index in [1.807, 2.05) is 6.07 Å². The van der Waals surface area contributed by atoms with Gasteiger partial charge in [-0.3, -0.25) is 0 Å². The van der Waals surface area contributed by atoms with Gasteiger partial charge in [0.05, 0.1) is 6.61 Å². The van der Waals surface area contributed by atoms with Crippen molar-refractivity contribution in [3.63, 3.8) is 0 Å². The molecule has 2 aromatic rings. The van der Waals surface area contributed by atoms with Gasteiger partial charge in [-0.05, 0) is 20.1 Å². The molecule has 0 amide bonds. The summed E-state index contributed by atoms with van der Waals surface area (Å²) in [5.74, 6) is -0.565. The molecule has 0 spiro atoms. The van der Waals surface area contributed by atoms with Crippen molar-refractivity contribution in [2.45, 2.75) is 18.9 Å². The summed E-state index contributed by atoms with van der Waals surface area (Å²) in [6, 6.07) is 2.04. The average Bonchev–Trinajstić information content (AvgIpc) is 2.80. The van der Waals surface area contributed by atoms with Gasteiger partial charge in [-0.25, -0.2) is 14.3 Å². The van der Waals surface area contributed by atoms with Crippen LogP contribution in [0.4, 0.5) is 0 Å². The number of hydrogen-bond acceptors (Lipinski definition) is 6. The van der Waals surface area contributed by atoms with Crippen LogP contribution in [0.5, 0.6) is 0 Å². The number of esters is 1. The summed E-state index contributed by atoms with van der Waals surface area (Å²) in [4.78, 5) is 16.1. The second-order valence-corrected chi connectivity index (χ2v) is 4.98. The first kappa shape index (κ1) is 14.6.